The van der Waals surface area contributed by atoms with Crippen molar-refractivity contribution in [3.63, 3.8) is 0 Å². The maximum absolute atomic E-state index is 12.7. The number of aliphatic hydroxyl groups excluding tert-OH is 1. The van der Waals surface area contributed by atoms with E-state index in [0.29, 0.717) is 36.5 Å². The van der Waals surface area contributed by atoms with Gasteiger partial charge in [0, 0.05) is 25.2 Å². The molecule has 1 N–H and O–H groups in total. The summed E-state index contributed by atoms with van der Waals surface area (Å²) in [7, 11) is 0. The number of nitrogens with zero attached hydrogens (tertiary/aromatic N) is 3. The lowest BCUT2D eigenvalue weighted by atomic mass is 9.84. The minimum Gasteiger partial charge on any atom is -0.485 e. The second-order valence-corrected chi connectivity index (χ2v) is 7.07. The topological polar surface area (TPSA) is 76.8 Å². The van der Waals surface area contributed by atoms with Crippen molar-refractivity contribution in [2.24, 2.45) is 0 Å². The minimum atomic E-state index is -0.885. The largest absolute Gasteiger partial charge is 0.485 e. The van der Waals surface area contributed by atoms with Crippen molar-refractivity contribution in [3.05, 3.63) is 42.0 Å². The Morgan fingerprint density at radius 2 is 2.24 bits per heavy atom. The first-order valence-electron chi connectivity index (χ1n) is 8.41. The van der Waals surface area contributed by atoms with E-state index in [4.69, 9.17) is 4.74 Å². The summed E-state index contributed by atoms with van der Waals surface area (Å²) < 4.78 is 5.93. The van der Waals surface area contributed by atoms with Crippen LogP contribution in [0.15, 0.2) is 30.9 Å². The summed E-state index contributed by atoms with van der Waals surface area (Å²) in [6.45, 7) is 9.53. The number of carbonyl (C=O) groups is 1. The molecule has 0 bridgehead atoms. The monoisotopic (exact) mass is 341 g/mol. The highest BCUT2D eigenvalue weighted by Gasteiger charge is 2.47. The highest BCUT2D eigenvalue weighted by Crippen LogP contribution is 2.43. The van der Waals surface area contributed by atoms with Gasteiger partial charge in [0.25, 0.3) is 0 Å². The molecule has 0 saturated carbocycles. The maximum Gasteiger partial charge on any atom is 0.237 e. The number of rotatable bonds is 3. The SMILES string of the molecule is C=CCN1CCN([C@@H]2c3cc(C#N)ccc3OC(C)(C)[C@H]2O)C(=O)C1. The van der Waals surface area contributed by atoms with Gasteiger partial charge in [-0.2, -0.15) is 5.26 Å². The molecule has 0 spiro atoms. The van der Waals surface area contributed by atoms with Crippen molar-refractivity contribution >= 4 is 5.91 Å². The zero-order valence-corrected chi connectivity index (χ0v) is 14.6. The first-order valence-corrected chi connectivity index (χ1v) is 8.41. The molecule has 6 nitrogen and oxygen atoms in total. The number of fused-ring (bicyclic) bond motifs is 1. The van der Waals surface area contributed by atoms with Crippen molar-refractivity contribution < 1.29 is 14.6 Å². The van der Waals surface area contributed by atoms with E-state index in [9.17, 15) is 15.2 Å². The predicted molar refractivity (Wildman–Crippen MR) is 93.0 cm³/mol. The van der Waals surface area contributed by atoms with Gasteiger partial charge < -0.3 is 14.7 Å². The first-order chi connectivity index (χ1) is 11.9. The third kappa shape index (κ3) is 3.13. The summed E-state index contributed by atoms with van der Waals surface area (Å²) in [6.07, 6.45) is 0.896. The van der Waals surface area contributed by atoms with Gasteiger partial charge in [-0.05, 0) is 32.0 Å². The van der Waals surface area contributed by atoms with Gasteiger partial charge in [0.1, 0.15) is 17.5 Å². The van der Waals surface area contributed by atoms with Crippen molar-refractivity contribution in [1.29, 1.82) is 5.26 Å². The normalized spacial score (nSPS) is 25.7. The second kappa shape index (κ2) is 6.51. The molecule has 2 aliphatic rings. The number of amides is 1. The average Bonchev–Trinajstić information content (AvgIpc) is 2.57. The highest BCUT2D eigenvalue weighted by atomic mass is 16.5. The van der Waals surface area contributed by atoms with Crippen LogP contribution in [0.1, 0.15) is 31.0 Å². The molecular formula is C19H23N3O3. The Morgan fingerprint density at radius 1 is 1.48 bits per heavy atom. The van der Waals surface area contributed by atoms with Crippen LogP contribution in [0.5, 0.6) is 5.75 Å². The van der Waals surface area contributed by atoms with E-state index < -0.39 is 17.7 Å². The Labute approximate surface area is 147 Å². The van der Waals surface area contributed by atoms with Gasteiger partial charge in [-0.1, -0.05) is 6.08 Å². The number of carbonyl (C=O) groups excluding carboxylic acids is 1. The smallest absolute Gasteiger partial charge is 0.237 e. The molecule has 132 valence electrons. The summed E-state index contributed by atoms with van der Waals surface area (Å²) >= 11 is 0. The third-order valence-electron chi connectivity index (χ3n) is 4.90. The fourth-order valence-corrected chi connectivity index (χ4v) is 3.54. The lowest BCUT2D eigenvalue weighted by molar-refractivity contribution is -0.150. The van der Waals surface area contributed by atoms with E-state index in [1.165, 1.54) is 0 Å². The molecule has 0 unspecified atom stereocenters. The van der Waals surface area contributed by atoms with Crippen LogP contribution in [0, 0.1) is 11.3 Å². The van der Waals surface area contributed by atoms with Crippen LogP contribution in [0.3, 0.4) is 0 Å². The second-order valence-electron chi connectivity index (χ2n) is 7.07. The van der Waals surface area contributed by atoms with E-state index in [1.807, 2.05) is 18.7 Å². The Kier molecular flexibility index (Phi) is 4.55. The van der Waals surface area contributed by atoms with Crippen LogP contribution < -0.4 is 4.74 Å². The van der Waals surface area contributed by atoms with Gasteiger partial charge in [-0.3, -0.25) is 9.69 Å². The summed E-state index contributed by atoms with van der Waals surface area (Å²) in [5, 5.41) is 20.1. The van der Waals surface area contributed by atoms with Gasteiger partial charge >= 0.3 is 0 Å². The van der Waals surface area contributed by atoms with Gasteiger partial charge in [0.15, 0.2) is 0 Å². The number of hydrogen-bond acceptors (Lipinski definition) is 5. The molecule has 0 radical (unpaired) electrons. The van der Waals surface area contributed by atoms with E-state index in [0.717, 1.165) is 6.54 Å². The van der Waals surface area contributed by atoms with Crippen LogP contribution in [-0.2, 0) is 4.79 Å². The number of hydrogen-bond donors (Lipinski definition) is 1. The molecule has 2 atom stereocenters. The summed E-state index contributed by atoms with van der Waals surface area (Å²) in [4.78, 5) is 16.5. The van der Waals surface area contributed by atoms with Crippen LogP contribution in [0.4, 0.5) is 0 Å². The lowest BCUT2D eigenvalue weighted by Crippen LogP contribution is -2.59. The standard InChI is InChI=1S/C19H23N3O3/c1-4-7-21-8-9-22(16(23)12-21)17-14-10-13(11-20)5-6-15(14)25-19(2,3)18(17)24/h4-6,10,17-18,24H,1,7-9,12H2,2-3H3/t17-,18+/m1/s1. The number of nitriles is 1. The Bertz CT molecular complexity index is 738. The number of benzene rings is 1. The Balaban J connectivity index is 1.98. The summed E-state index contributed by atoms with van der Waals surface area (Å²) in [6, 6.07) is 6.73. The average molecular weight is 341 g/mol. The minimum absolute atomic E-state index is 0.0387. The quantitative estimate of drug-likeness (QED) is 0.843. The molecule has 1 aromatic rings. The van der Waals surface area contributed by atoms with E-state index >= 15 is 0 Å². The van der Waals surface area contributed by atoms with Gasteiger partial charge in [-0.25, -0.2) is 0 Å². The van der Waals surface area contributed by atoms with Gasteiger partial charge in [0.2, 0.25) is 5.91 Å². The van der Waals surface area contributed by atoms with E-state index in [2.05, 4.69) is 12.6 Å². The van der Waals surface area contributed by atoms with Crippen molar-refractivity contribution in [2.75, 3.05) is 26.2 Å². The lowest BCUT2D eigenvalue weighted by Gasteiger charge is -2.48. The summed E-state index contributed by atoms with van der Waals surface area (Å²) in [5.74, 6) is 0.573. The summed E-state index contributed by atoms with van der Waals surface area (Å²) in [5.41, 5.74) is 0.345. The van der Waals surface area contributed by atoms with Crippen molar-refractivity contribution in [3.8, 4) is 11.8 Å². The zero-order valence-electron chi connectivity index (χ0n) is 14.6. The fraction of sp³-hybridized carbons (Fsp3) is 0.474. The zero-order chi connectivity index (χ0) is 18.2. The fourth-order valence-electron chi connectivity index (χ4n) is 3.54. The molecule has 1 amide bonds. The first kappa shape index (κ1) is 17.5. The molecule has 0 aromatic heterocycles. The van der Waals surface area contributed by atoms with E-state index in [-0.39, 0.29) is 5.91 Å². The molecule has 25 heavy (non-hydrogen) atoms. The Hall–Kier alpha value is -2.36. The molecule has 0 aliphatic carbocycles. The maximum atomic E-state index is 12.7. The highest BCUT2D eigenvalue weighted by molar-refractivity contribution is 5.80. The number of piperazine rings is 1. The Morgan fingerprint density at radius 3 is 2.88 bits per heavy atom. The van der Waals surface area contributed by atoms with Crippen LogP contribution >= 0.6 is 0 Å². The molecular weight excluding hydrogens is 318 g/mol. The molecule has 1 fully saturated rings. The van der Waals surface area contributed by atoms with Crippen LogP contribution in [-0.4, -0.2) is 58.7 Å². The molecule has 1 aromatic carbocycles. The number of ether oxygens (including phenoxy) is 1. The van der Waals surface area contributed by atoms with Crippen molar-refractivity contribution in [1.82, 2.24) is 9.80 Å². The molecule has 3 rings (SSSR count). The molecule has 2 heterocycles. The van der Waals surface area contributed by atoms with Crippen LogP contribution in [0.25, 0.3) is 0 Å². The van der Waals surface area contributed by atoms with Gasteiger partial charge in [0.05, 0.1) is 24.2 Å². The van der Waals surface area contributed by atoms with Crippen molar-refractivity contribution in [2.45, 2.75) is 31.6 Å². The third-order valence-corrected chi connectivity index (χ3v) is 4.90. The van der Waals surface area contributed by atoms with Gasteiger partial charge in [-0.15, -0.1) is 6.58 Å². The van der Waals surface area contributed by atoms with E-state index in [1.54, 1.807) is 29.2 Å². The molecule has 6 heteroatoms. The predicted octanol–water partition coefficient (Wildman–Crippen LogP) is 1.46. The van der Waals surface area contributed by atoms with Crippen LogP contribution in [0.2, 0.25) is 0 Å². The number of aliphatic hydroxyl groups is 1. The molecule has 1 saturated heterocycles. The molecule has 2 aliphatic heterocycles.